The Morgan fingerprint density at radius 3 is 2.61 bits per heavy atom. The van der Waals surface area contributed by atoms with Gasteiger partial charge >= 0.3 is 5.97 Å². The first-order valence-electron chi connectivity index (χ1n) is 11.5. The van der Waals surface area contributed by atoms with E-state index in [4.69, 9.17) is 28.9 Å². The maximum Gasteiger partial charge on any atom is 0.303 e. The minimum absolute atomic E-state index is 0.0901. The van der Waals surface area contributed by atoms with Crippen molar-refractivity contribution in [2.45, 2.75) is 31.4 Å². The third-order valence-corrected chi connectivity index (χ3v) is 5.90. The Hall–Kier alpha value is -4.21. The average molecular weight is 496 g/mol. The molecule has 0 radical (unpaired) electrons. The van der Waals surface area contributed by atoms with Crippen molar-refractivity contribution in [1.82, 2.24) is 9.55 Å². The average Bonchev–Trinajstić information content (AvgIpc) is 3.43. The van der Waals surface area contributed by atoms with Gasteiger partial charge in [-0.3, -0.25) is 4.79 Å². The van der Waals surface area contributed by atoms with Gasteiger partial charge < -0.3 is 33.5 Å². The third kappa shape index (κ3) is 5.37. The Balaban J connectivity index is 1.76. The summed E-state index contributed by atoms with van der Waals surface area (Å²) in [6, 6.07) is 10.7. The predicted molar refractivity (Wildman–Crippen MR) is 131 cm³/mol. The number of aliphatic carboxylic acids is 1. The largest absolute Gasteiger partial charge is 0.497 e. The van der Waals surface area contributed by atoms with Crippen molar-refractivity contribution in [3.05, 3.63) is 66.2 Å². The number of hydrogen-bond acceptors (Lipinski definition) is 8. The second-order valence-electron chi connectivity index (χ2n) is 8.13. The van der Waals surface area contributed by atoms with E-state index < -0.39 is 18.1 Å². The smallest absolute Gasteiger partial charge is 0.303 e. The zero-order valence-electron chi connectivity index (χ0n) is 20.4. The van der Waals surface area contributed by atoms with Gasteiger partial charge in [0.2, 0.25) is 0 Å². The molecule has 0 bridgehead atoms. The molecule has 2 atom stereocenters. The zero-order chi connectivity index (χ0) is 25.5. The summed E-state index contributed by atoms with van der Waals surface area (Å²) in [5, 5.41) is 13.4. The fourth-order valence-corrected chi connectivity index (χ4v) is 4.12. The molecule has 1 aliphatic heterocycles. The van der Waals surface area contributed by atoms with Crippen LogP contribution in [0.2, 0.25) is 0 Å². The van der Waals surface area contributed by atoms with Crippen LogP contribution in [0.25, 0.3) is 0 Å². The molecule has 10 nitrogen and oxygen atoms in total. The molecular formula is C26H29N3O7. The summed E-state index contributed by atoms with van der Waals surface area (Å²) in [7, 11) is 4.77. The summed E-state index contributed by atoms with van der Waals surface area (Å²) in [6.45, 7) is 0.286. The van der Waals surface area contributed by atoms with Crippen LogP contribution in [0.5, 0.6) is 23.0 Å². The molecule has 3 aromatic rings. The molecule has 4 rings (SSSR count). The molecule has 0 saturated heterocycles. The molecule has 0 fully saturated rings. The number of benzene rings is 2. The lowest BCUT2D eigenvalue weighted by molar-refractivity contribution is -0.137. The van der Waals surface area contributed by atoms with E-state index >= 15 is 0 Å². The Labute approximate surface area is 209 Å². The van der Waals surface area contributed by atoms with E-state index in [0.717, 1.165) is 11.1 Å². The van der Waals surface area contributed by atoms with E-state index in [-0.39, 0.29) is 13.0 Å². The van der Waals surface area contributed by atoms with Gasteiger partial charge in [-0.25, -0.2) is 4.98 Å². The number of oxime groups is 1. The molecule has 2 heterocycles. The molecule has 1 aromatic heterocycles. The van der Waals surface area contributed by atoms with Crippen LogP contribution >= 0.6 is 0 Å². The molecule has 2 unspecified atom stereocenters. The number of carbonyl (C=O) groups is 1. The number of unbranched alkanes of at least 4 members (excludes halogenated alkanes) is 1. The third-order valence-electron chi connectivity index (χ3n) is 5.90. The van der Waals surface area contributed by atoms with Crippen LogP contribution < -0.4 is 18.9 Å². The lowest BCUT2D eigenvalue weighted by atomic mass is 9.90. The van der Waals surface area contributed by atoms with Crippen molar-refractivity contribution in [3.63, 3.8) is 0 Å². The molecule has 0 aliphatic carbocycles. The standard InChI is InChI=1S/C26H29N3O7/c1-32-18-8-10-20-19(15-18)24(28-35-13-5-4-6-23(30)31)25(29-12-11-27-16-29)26(36-20)17-7-9-21(33-2)22(14-17)34-3/h7-12,14-16,25-26H,4-6,13H2,1-3H3,(H,30,31)/b28-24-. The van der Waals surface area contributed by atoms with Gasteiger partial charge in [-0.1, -0.05) is 11.2 Å². The minimum atomic E-state index is -0.829. The van der Waals surface area contributed by atoms with E-state index in [1.54, 1.807) is 33.9 Å². The Bertz CT molecular complexity index is 1210. The topological polar surface area (TPSA) is 114 Å². The van der Waals surface area contributed by atoms with E-state index in [0.29, 0.717) is 41.6 Å². The lowest BCUT2D eigenvalue weighted by Crippen LogP contribution is -2.34. The molecule has 1 aliphatic rings. The van der Waals surface area contributed by atoms with Gasteiger partial charge in [0.05, 0.1) is 27.7 Å². The summed E-state index contributed by atoms with van der Waals surface area (Å²) in [6.07, 6.45) is 5.91. The van der Waals surface area contributed by atoms with Gasteiger partial charge in [-0.05, 0) is 48.7 Å². The Morgan fingerprint density at radius 2 is 1.92 bits per heavy atom. The summed E-state index contributed by atoms with van der Waals surface area (Å²) in [5.74, 6) is 1.64. The summed E-state index contributed by atoms with van der Waals surface area (Å²) in [4.78, 5) is 20.7. The fourth-order valence-electron chi connectivity index (χ4n) is 4.12. The highest BCUT2D eigenvalue weighted by molar-refractivity contribution is 6.07. The highest BCUT2D eigenvalue weighted by atomic mass is 16.6. The summed E-state index contributed by atoms with van der Waals surface area (Å²) < 4.78 is 24.8. The van der Waals surface area contributed by atoms with E-state index in [9.17, 15) is 4.79 Å². The normalized spacial score (nSPS) is 17.7. The number of rotatable bonds is 11. The van der Waals surface area contributed by atoms with Crippen LogP contribution in [0.1, 0.15) is 42.5 Å². The monoisotopic (exact) mass is 495 g/mol. The molecule has 10 heteroatoms. The van der Waals surface area contributed by atoms with Crippen molar-refractivity contribution in [1.29, 1.82) is 0 Å². The second kappa shape index (κ2) is 11.5. The molecule has 0 saturated carbocycles. The maximum absolute atomic E-state index is 10.8. The van der Waals surface area contributed by atoms with Gasteiger partial charge in [0, 0.05) is 24.4 Å². The number of hydrogen-bond donors (Lipinski definition) is 1. The van der Waals surface area contributed by atoms with Crippen LogP contribution in [0.3, 0.4) is 0 Å². The molecule has 0 amide bonds. The fraction of sp³-hybridized carbons (Fsp3) is 0.346. The van der Waals surface area contributed by atoms with Crippen LogP contribution in [0.15, 0.2) is 60.3 Å². The SMILES string of the molecule is COc1ccc2c(c1)/C(=N/OCCCCC(=O)O)C(n1ccnc1)C(c1ccc(OC)c(OC)c1)O2. The van der Waals surface area contributed by atoms with Gasteiger partial charge in [0.25, 0.3) is 0 Å². The number of carboxylic acids is 1. The first-order valence-corrected chi connectivity index (χ1v) is 11.5. The van der Waals surface area contributed by atoms with Gasteiger partial charge in [-0.2, -0.15) is 0 Å². The highest BCUT2D eigenvalue weighted by Gasteiger charge is 2.39. The zero-order valence-corrected chi connectivity index (χ0v) is 20.4. The van der Waals surface area contributed by atoms with E-state index in [1.807, 2.05) is 47.2 Å². The Morgan fingerprint density at radius 1 is 1.08 bits per heavy atom. The first-order chi connectivity index (χ1) is 17.5. The number of carboxylic acid groups (broad SMARTS) is 1. The number of ether oxygens (including phenoxy) is 4. The molecule has 190 valence electrons. The first kappa shape index (κ1) is 24.9. The van der Waals surface area contributed by atoms with Crippen LogP contribution in [0.4, 0.5) is 0 Å². The Kier molecular flexibility index (Phi) is 7.94. The maximum atomic E-state index is 10.8. The number of nitrogens with zero attached hydrogens (tertiary/aromatic N) is 3. The summed E-state index contributed by atoms with van der Waals surface area (Å²) in [5.41, 5.74) is 2.21. The lowest BCUT2D eigenvalue weighted by Gasteiger charge is -2.35. The van der Waals surface area contributed by atoms with Gasteiger partial charge in [0.15, 0.2) is 17.6 Å². The predicted octanol–water partition coefficient (Wildman–Crippen LogP) is 4.26. The number of methoxy groups -OCH3 is 3. The number of fused-ring (bicyclic) bond motifs is 1. The molecule has 1 N–H and O–H groups in total. The second-order valence-corrected chi connectivity index (χ2v) is 8.13. The highest BCUT2D eigenvalue weighted by Crippen LogP contribution is 2.44. The minimum Gasteiger partial charge on any atom is -0.497 e. The molecule has 2 aromatic carbocycles. The molecule has 0 spiro atoms. The molecule has 36 heavy (non-hydrogen) atoms. The van der Waals surface area contributed by atoms with E-state index in [1.165, 1.54) is 0 Å². The van der Waals surface area contributed by atoms with Crippen molar-refractivity contribution in [3.8, 4) is 23.0 Å². The van der Waals surface area contributed by atoms with Crippen molar-refractivity contribution < 1.29 is 33.7 Å². The van der Waals surface area contributed by atoms with Crippen molar-refractivity contribution in [2.24, 2.45) is 5.16 Å². The number of imidazole rings is 1. The number of aromatic nitrogens is 2. The van der Waals surface area contributed by atoms with Gasteiger partial charge in [0.1, 0.15) is 29.9 Å². The van der Waals surface area contributed by atoms with Crippen LogP contribution in [-0.4, -0.2) is 54.3 Å². The van der Waals surface area contributed by atoms with Crippen LogP contribution in [-0.2, 0) is 9.63 Å². The quantitative estimate of drug-likeness (QED) is 0.310. The summed E-state index contributed by atoms with van der Waals surface area (Å²) >= 11 is 0. The molecular weight excluding hydrogens is 466 g/mol. The van der Waals surface area contributed by atoms with Crippen molar-refractivity contribution in [2.75, 3.05) is 27.9 Å². The van der Waals surface area contributed by atoms with Gasteiger partial charge in [-0.15, -0.1) is 0 Å². The van der Waals surface area contributed by atoms with Crippen molar-refractivity contribution >= 4 is 11.7 Å². The van der Waals surface area contributed by atoms with Crippen LogP contribution in [0, 0.1) is 0 Å². The van der Waals surface area contributed by atoms with E-state index in [2.05, 4.69) is 10.1 Å².